The fourth-order valence-corrected chi connectivity index (χ4v) is 3.24. The van der Waals surface area contributed by atoms with Gasteiger partial charge >= 0.3 is 5.69 Å². The third-order valence-corrected chi connectivity index (χ3v) is 4.61. The molecule has 0 spiro atoms. The molecule has 8 heteroatoms. The predicted molar refractivity (Wildman–Crippen MR) is 78.6 cm³/mol. The average Bonchev–Trinajstić information content (AvgIpc) is 2.90. The van der Waals surface area contributed by atoms with E-state index in [9.17, 15) is 10.1 Å². The first-order chi connectivity index (χ1) is 9.04. The molecule has 0 aliphatic carbocycles. The van der Waals surface area contributed by atoms with E-state index in [0.29, 0.717) is 24.6 Å². The van der Waals surface area contributed by atoms with Gasteiger partial charge in [0.25, 0.3) is 0 Å². The molecule has 0 saturated heterocycles. The summed E-state index contributed by atoms with van der Waals surface area (Å²) in [6.07, 6.45) is 0. The van der Waals surface area contributed by atoms with E-state index in [2.05, 4.69) is 26.3 Å². The number of aryl methyl sites for hydroxylation is 2. The number of rotatable bonds is 5. The molecule has 6 nitrogen and oxygen atoms in total. The van der Waals surface area contributed by atoms with Crippen molar-refractivity contribution in [3.8, 4) is 0 Å². The van der Waals surface area contributed by atoms with E-state index in [1.807, 2.05) is 18.4 Å². The average molecular weight is 345 g/mol. The maximum absolute atomic E-state index is 11.1. The Morgan fingerprint density at radius 3 is 2.89 bits per heavy atom. The zero-order valence-electron chi connectivity index (χ0n) is 10.5. The Morgan fingerprint density at radius 2 is 2.37 bits per heavy atom. The summed E-state index contributed by atoms with van der Waals surface area (Å²) in [6, 6.07) is 1.96. The Morgan fingerprint density at radius 1 is 1.63 bits per heavy atom. The predicted octanol–water partition coefficient (Wildman–Crippen LogP) is 3.56. The Labute approximate surface area is 122 Å². The number of anilines is 1. The van der Waals surface area contributed by atoms with Gasteiger partial charge in [0.2, 0.25) is 5.82 Å². The Balaban J connectivity index is 2.28. The minimum absolute atomic E-state index is 0.0505. The molecule has 19 heavy (non-hydrogen) atoms. The van der Waals surface area contributed by atoms with Gasteiger partial charge in [0.05, 0.1) is 11.5 Å². The lowest BCUT2D eigenvalue weighted by atomic mass is 10.3. The molecule has 2 rings (SSSR count). The van der Waals surface area contributed by atoms with E-state index in [-0.39, 0.29) is 10.6 Å². The Bertz CT molecular complexity index is 608. The smallest absolute Gasteiger partial charge is 0.333 e. The van der Waals surface area contributed by atoms with Crippen LogP contribution in [0.2, 0.25) is 0 Å². The number of hydrogen-bond acceptors (Lipinski definition) is 5. The third kappa shape index (κ3) is 2.79. The normalized spacial score (nSPS) is 10.7. The van der Waals surface area contributed by atoms with Crippen LogP contribution in [0.3, 0.4) is 0 Å². The van der Waals surface area contributed by atoms with E-state index in [0.717, 1.165) is 9.35 Å². The van der Waals surface area contributed by atoms with Crippen LogP contribution in [-0.4, -0.2) is 14.7 Å². The van der Waals surface area contributed by atoms with E-state index < -0.39 is 0 Å². The summed E-state index contributed by atoms with van der Waals surface area (Å²) < 4.78 is 2.63. The largest absolute Gasteiger partial charge is 0.360 e. The minimum atomic E-state index is -0.389. The van der Waals surface area contributed by atoms with Gasteiger partial charge < -0.3 is 5.32 Å². The van der Waals surface area contributed by atoms with Crippen LogP contribution >= 0.6 is 27.3 Å². The van der Waals surface area contributed by atoms with Crippen LogP contribution in [0.25, 0.3) is 0 Å². The van der Waals surface area contributed by atoms with Crippen LogP contribution in [0.4, 0.5) is 11.5 Å². The molecule has 0 radical (unpaired) electrons. The van der Waals surface area contributed by atoms with Gasteiger partial charge in [-0.25, -0.2) is 4.68 Å². The fourth-order valence-electron chi connectivity index (χ4n) is 1.81. The second-order valence-corrected chi connectivity index (χ2v) is 5.76. The maximum Gasteiger partial charge on any atom is 0.333 e. The van der Waals surface area contributed by atoms with Crippen molar-refractivity contribution in [1.82, 2.24) is 9.78 Å². The minimum Gasteiger partial charge on any atom is -0.360 e. The molecule has 2 aromatic rings. The van der Waals surface area contributed by atoms with Crippen LogP contribution in [0.5, 0.6) is 0 Å². The number of nitrogens with one attached hydrogen (secondary N) is 1. The molecule has 0 unspecified atom stereocenters. The summed E-state index contributed by atoms with van der Waals surface area (Å²) in [6.45, 7) is 4.67. The number of halogens is 1. The van der Waals surface area contributed by atoms with Gasteiger partial charge in [-0.1, -0.05) is 0 Å². The second-order valence-electron chi connectivity index (χ2n) is 3.90. The highest BCUT2D eigenvalue weighted by molar-refractivity contribution is 9.10. The number of hydrogen-bond donors (Lipinski definition) is 1. The van der Waals surface area contributed by atoms with Gasteiger partial charge in [-0.3, -0.25) is 10.1 Å². The van der Waals surface area contributed by atoms with Crippen molar-refractivity contribution in [2.45, 2.75) is 26.9 Å². The molecule has 1 N–H and O–H groups in total. The van der Waals surface area contributed by atoms with E-state index >= 15 is 0 Å². The highest BCUT2D eigenvalue weighted by Crippen LogP contribution is 2.30. The van der Waals surface area contributed by atoms with Gasteiger partial charge in [0.1, 0.15) is 5.69 Å². The standard InChI is InChI=1S/C11H13BrN4O2S/c1-3-15-11(10(16(17)18)7(2)14-15)13-6-9-8(12)4-5-19-9/h4-5,13H,3,6H2,1-2H3. The summed E-state index contributed by atoms with van der Waals surface area (Å²) in [5.41, 5.74) is 0.481. The summed E-state index contributed by atoms with van der Waals surface area (Å²) in [4.78, 5) is 11.8. The van der Waals surface area contributed by atoms with Crippen molar-refractivity contribution in [2.24, 2.45) is 0 Å². The first-order valence-corrected chi connectivity index (χ1v) is 7.39. The van der Waals surface area contributed by atoms with Gasteiger partial charge in [-0.2, -0.15) is 5.10 Å². The molecule has 0 bridgehead atoms. The zero-order chi connectivity index (χ0) is 14.0. The molecule has 2 aromatic heterocycles. The summed E-state index contributed by atoms with van der Waals surface area (Å²) in [7, 11) is 0. The SMILES string of the molecule is CCn1nc(C)c([N+](=O)[O-])c1NCc1sccc1Br. The fraction of sp³-hybridized carbons (Fsp3) is 0.364. The maximum atomic E-state index is 11.1. The van der Waals surface area contributed by atoms with E-state index in [1.54, 1.807) is 22.9 Å². The summed E-state index contributed by atoms with van der Waals surface area (Å²) >= 11 is 5.04. The monoisotopic (exact) mass is 344 g/mol. The van der Waals surface area contributed by atoms with Crippen LogP contribution in [-0.2, 0) is 13.1 Å². The molecule has 0 amide bonds. The first-order valence-electron chi connectivity index (χ1n) is 5.72. The Kier molecular flexibility index (Phi) is 4.20. The molecular weight excluding hydrogens is 332 g/mol. The third-order valence-electron chi connectivity index (χ3n) is 2.69. The number of aromatic nitrogens is 2. The van der Waals surface area contributed by atoms with Crippen molar-refractivity contribution in [3.05, 3.63) is 36.6 Å². The molecule has 0 saturated carbocycles. The number of thiophene rings is 1. The van der Waals surface area contributed by atoms with Gasteiger partial charge in [-0.15, -0.1) is 11.3 Å². The molecule has 2 heterocycles. The molecular formula is C11H13BrN4O2S. The van der Waals surface area contributed by atoms with Crippen molar-refractivity contribution in [2.75, 3.05) is 5.32 Å². The lowest BCUT2D eigenvalue weighted by molar-refractivity contribution is -0.384. The molecule has 0 aliphatic heterocycles. The lowest BCUT2D eigenvalue weighted by Gasteiger charge is -2.06. The van der Waals surface area contributed by atoms with Gasteiger partial charge in [0, 0.05) is 15.9 Å². The quantitative estimate of drug-likeness (QED) is 0.664. The first kappa shape index (κ1) is 14.0. The van der Waals surface area contributed by atoms with Gasteiger partial charge in [-0.05, 0) is 41.2 Å². The zero-order valence-corrected chi connectivity index (χ0v) is 12.9. The molecule has 0 aromatic carbocycles. The molecule has 0 aliphatic rings. The Hall–Kier alpha value is -1.41. The molecule has 0 atom stereocenters. The molecule has 0 fully saturated rings. The highest BCUT2D eigenvalue weighted by atomic mass is 79.9. The summed E-state index contributed by atoms with van der Waals surface area (Å²) in [5, 5.41) is 20.4. The topological polar surface area (TPSA) is 73.0 Å². The number of nitrogens with zero attached hydrogens (tertiary/aromatic N) is 3. The van der Waals surface area contributed by atoms with Crippen LogP contribution in [0, 0.1) is 17.0 Å². The van der Waals surface area contributed by atoms with Crippen LogP contribution in [0.1, 0.15) is 17.5 Å². The highest BCUT2D eigenvalue weighted by Gasteiger charge is 2.24. The van der Waals surface area contributed by atoms with Crippen molar-refractivity contribution in [1.29, 1.82) is 0 Å². The van der Waals surface area contributed by atoms with Crippen molar-refractivity contribution >= 4 is 38.8 Å². The van der Waals surface area contributed by atoms with Crippen LogP contribution in [0.15, 0.2) is 15.9 Å². The lowest BCUT2D eigenvalue weighted by Crippen LogP contribution is -2.07. The van der Waals surface area contributed by atoms with Crippen LogP contribution < -0.4 is 5.32 Å². The van der Waals surface area contributed by atoms with Gasteiger partial charge in [0.15, 0.2) is 0 Å². The number of nitro groups is 1. The second kappa shape index (κ2) is 5.70. The molecule has 102 valence electrons. The summed E-state index contributed by atoms with van der Waals surface area (Å²) in [5.74, 6) is 0.463. The van der Waals surface area contributed by atoms with Crippen molar-refractivity contribution < 1.29 is 4.92 Å². The van der Waals surface area contributed by atoms with E-state index in [4.69, 9.17) is 0 Å². The van der Waals surface area contributed by atoms with E-state index in [1.165, 1.54) is 0 Å². The van der Waals surface area contributed by atoms with Crippen molar-refractivity contribution in [3.63, 3.8) is 0 Å².